The minimum absolute atomic E-state index is 0.0442. The lowest BCUT2D eigenvalue weighted by Gasteiger charge is -2.32. The van der Waals surface area contributed by atoms with Crippen molar-refractivity contribution in [1.82, 2.24) is 14.7 Å². The van der Waals surface area contributed by atoms with Gasteiger partial charge in [-0.1, -0.05) is 0 Å². The van der Waals surface area contributed by atoms with Crippen LogP contribution in [0.25, 0.3) is 0 Å². The zero-order chi connectivity index (χ0) is 11.8. The predicted octanol–water partition coefficient (Wildman–Crippen LogP) is 1.29. The summed E-state index contributed by atoms with van der Waals surface area (Å²) in [6, 6.07) is 2.09. The smallest absolute Gasteiger partial charge is 0.274 e. The van der Waals surface area contributed by atoms with Gasteiger partial charge >= 0.3 is 0 Å². The fraction of sp³-hybridized carbons (Fsp3) is 0.667. The fourth-order valence-corrected chi connectivity index (χ4v) is 2.56. The van der Waals surface area contributed by atoms with Crippen LogP contribution >= 0.6 is 0 Å². The summed E-state index contributed by atoms with van der Waals surface area (Å²) in [6.07, 6.45) is 3.41. The number of piperidine rings is 1. The van der Waals surface area contributed by atoms with E-state index in [2.05, 4.69) is 12.0 Å². The van der Waals surface area contributed by atoms with Crippen LogP contribution in [0.5, 0.6) is 5.88 Å². The van der Waals surface area contributed by atoms with E-state index in [9.17, 15) is 4.79 Å². The third-order valence-electron chi connectivity index (χ3n) is 3.58. The first kappa shape index (κ1) is 10.6. The molecule has 2 aliphatic heterocycles. The van der Waals surface area contributed by atoms with Gasteiger partial charge in [-0.2, -0.15) is 5.10 Å². The predicted molar refractivity (Wildman–Crippen MR) is 62.1 cm³/mol. The lowest BCUT2D eigenvalue weighted by atomic mass is 10.0. The molecular weight excluding hydrogens is 218 g/mol. The normalized spacial score (nSPS) is 23.4. The highest BCUT2D eigenvalue weighted by Crippen LogP contribution is 2.22. The second-order valence-electron chi connectivity index (χ2n) is 4.78. The average Bonchev–Trinajstić information content (AvgIpc) is 2.88. The van der Waals surface area contributed by atoms with Crippen LogP contribution in [0.4, 0.5) is 0 Å². The zero-order valence-electron chi connectivity index (χ0n) is 10.1. The van der Waals surface area contributed by atoms with Gasteiger partial charge in [0.05, 0.1) is 6.54 Å². The maximum Gasteiger partial charge on any atom is 0.274 e. The summed E-state index contributed by atoms with van der Waals surface area (Å²) in [4.78, 5) is 14.2. The Bertz CT molecular complexity index is 419. The van der Waals surface area contributed by atoms with E-state index in [1.807, 2.05) is 4.90 Å². The average molecular weight is 235 g/mol. The van der Waals surface area contributed by atoms with E-state index in [0.717, 1.165) is 31.8 Å². The summed E-state index contributed by atoms with van der Waals surface area (Å²) in [5, 5.41) is 4.30. The third kappa shape index (κ3) is 1.79. The van der Waals surface area contributed by atoms with Gasteiger partial charge in [-0.05, 0) is 26.2 Å². The van der Waals surface area contributed by atoms with Crippen molar-refractivity contribution in [3.05, 3.63) is 11.8 Å². The Kier molecular flexibility index (Phi) is 2.53. The number of carbonyl (C=O) groups is 1. The van der Waals surface area contributed by atoms with E-state index < -0.39 is 0 Å². The summed E-state index contributed by atoms with van der Waals surface area (Å²) in [5.74, 6) is 0.765. The van der Waals surface area contributed by atoms with Crippen molar-refractivity contribution in [3.8, 4) is 5.88 Å². The van der Waals surface area contributed by atoms with Crippen molar-refractivity contribution >= 4 is 5.91 Å². The quantitative estimate of drug-likeness (QED) is 0.737. The van der Waals surface area contributed by atoms with Crippen molar-refractivity contribution in [1.29, 1.82) is 0 Å². The molecule has 3 heterocycles. The number of rotatable bonds is 1. The Morgan fingerprint density at radius 1 is 1.47 bits per heavy atom. The topological polar surface area (TPSA) is 47.4 Å². The molecule has 92 valence electrons. The second-order valence-corrected chi connectivity index (χ2v) is 4.78. The summed E-state index contributed by atoms with van der Waals surface area (Å²) in [5.41, 5.74) is 0.522. The van der Waals surface area contributed by atoms with Crippen LogP contribution in [0, 0.1) is 0 Å². The Hall–Kier alpha value is -1.52. The number of likely N-dealkylation sites (tertiary alicyclic amines) is 1. The molecular formula is C12H17N3O2. The van der Waals surface area contributed by atoms with E-state index in [4.69, 9.17) is 4.74 Å². The maximum atomic E-state index is 12.3. The Morgan fingerprint density at radius 3 is 3.12 bits per heavy atom. The molecule has 2 aliphatic rings. The van der Waals surface area contributed by atoms with Gasteiger partial charge in [0.1, 0.15) is 6.61 Å². The second kappa shape index (κ2) is 4.05. The van der Waals surface area contributed by atoms with Crippen molar-refractivity contribution in [2.24, 2.45) is 0 Å². The minimum atomic E-state index is 0.0442. The number of ether oxygens (including phenoxy) is 1. The van der Waals surface area contributed by atoms with E-state index >= 15 is 0 Å². The van der Waals surface area contributed by atoms with E-state index in [-0.39, 0.29) is 5.91 Å². The molecule has 0 bridgehead atoms. The van der Waals surface area contributed by atoms with Crippen LogP contribution in [-0.4, -0.2) is 39.8 Å². The largest absolute Gasteiger partial charge is 0.476 e. The molecule has 1 aromatic rings. The number of aromatic nitrogens is 2. The SMILES string of the molecule is CC1CCCCN1C(=O)c1cc2n(n1)CCO2. The van der Waals surface area contributed by atoms with Crippen molar-refractivity contribution < 1.29 is 9.53 Å². The molecule has 0 spiro atoms. The Morgan fingerprint density at radius 2 is 2.35 bits per heavy atom. The summed E-state index contributed by atoms with van der Waals surface area (Å²) in [6.45, 7) is 4.37. The molecule has 3 rings (SSSR count). The molecule has 0 saturated carbocycles. The molecule has 1 amide bonds. The number of carbonyl (C=O) groups excluding carboxylic acids is 1. The summed E-state index contributed by atoms with van der Waals surface area (Å²) < 4.78 is 7.14. The number of hydrogen-bond acceptors (Lipinski definition) is 3. The van der Waals surface area contributed by atoms with E-state index in [1.165, 1.54) is 6.42 Å². The molecule has 0 aromatic carbocycles. The van der Waals surface area contributed by atoms with Crippen LogP contribution < -0.4 is 4.74 Å². The van der Waals surface area contributed by atoms with Crippen LogP contribution in [0.15, 0.2) is 6.07 Å². The minimum Gasteiger partial charge on any atom is -0.476 e. The van der Waals surface area contributed by atoms with Gasteiger partial charge in [-0.15, -0.1) is 0 Å². The van der Waals surface area contributed by atoms with Crippen molar-refractivity contribution in [3.63, 3.8) is 0 Å². The highest BCUT2D eigenvalue weighted by Gasteiger charge is 2.27. The van der Waals surface area contributed by atoms with Gasteiger partial charge in [-0.3, -0.25) is 4.79 Å². The molecule has 1 saturated heterocycles. The number of fused-ring (bicyclic) bond motifs is 1. The molecule has 0 radical (unpaired) electrons. The van der Waals surface area contributed by atoms with Crippen LogP contribution in [0.3, 0.4) is 0 Å². The third-order valence-corrected chi connectivity index (χ3v) is 3.58. The van der Waals surface area contributed by atoms with Gasteiger partial charge < -0.3 is 9.64 Å². The van der Waals surface area contributed by atoms with E-state index in [1.54, 1.807) is 10.7 Å². The zero-order valence-corrected chi connectivity index (χ0v) is 10.1. The Labute approximate surface area is 100 Å². The van der Waals surface area contributed by atoms with Crippen LogP contribution in [-0.2, 0) is 6.54 Å². The lowest BCUT2D eigenvalue weighted by Crippen LogP contribution is -2.42. The van der Waals surface area contributed by atoms with Crippen molar-refractivity contribution in [2.45, 2.75) is 38.8 Å². The number of hydrogen-bond donors (Lipinski definition) is 0. The molecule has 1 fully saturated rings. The first-order valence-corrected chi connectivity index (χ1v) is 6.27. The van der Waals surface area contributed by atoms with Gasteiger partial charge in [0, 0.05) is 18.7 Å². The molecule has 1 aromatic heterocycles. The molecule has 5 heteroatoms. The molecule has 0 aliphatic carbocycles. The van der Waals surface area contributed by atoms with E-state index in [0.29, 0.717) is 18.3 Å². The highest BCUT2D eigenvalue weighted by atomic mass is 16.5. The van der Waals surface area contributed by atoms with Gasteiger partial charge in [-0.25, -0.2) is 4.68 Å². The number of nitrogens with zero attached hydrogens (tertiary/aromatic N) is 3. The fourth-order valence-electron chi connectivity index (χ4n) is 2.56. The Balaban J connectivity index is 1.80. The standard InChI is InChI=1S/C12H17N3O2/c1-9-4-2-3-5-14(9)12(16)10-8-11-15(13-10)6-7-17-11/h8-9H,2-7H2,1H3. The summed E-state index contributed by atoms with van der Waals surface area (Å²) >= 11 is 0. The maximum absolute atomic E-state index is 12.3. The first-order chi connectivity index (χ1) is 8.25. The molecule has 1 unspecified atom stereocenters. The molecule has 17 heavy (non-hydrogen) atoms. The molecule has 1 atom stereocenters. The van der Waals surface area contributed by atoms with Crippen molar-refractivity contribution in [2.75, 3.05) is 13.2 Å². The van der Waals surface area contributed by atoms with Gasteiger partial charge in [0.25, 0.3) is 5.91 Å². The molecule has 0 N–H and O–H groups in total. The number of amides is 1. The summed E-state index contributed by atoms with van der Waals surface area (Å²) in [7, 11) is 0. The van der Waals surface area contributed by atoms with Crippen LogP contribution in [0.1, 0.15) is 36.7 Å². The van der Waals surface area contributed by atoms with Gasteiger partial charge in [0.2, 0.25) is 5.88 Å². The van der Waals surface area contributed by atoms with Gasteiger partial charge in [0.15, 0.2) is 5.69 Å². The first-order valence-electron chi connectivity index (χ1n) is 6.27. The lowest BCUT2D eigenvalue weighted by molar-refractivity contribution is 0.0628. The monoisotopic (exact) mass is 235 g/mol. The van der Waals surface area contributed by atoms with Crippen LogP contribution in [0.2, 0.25) is 0 Å². The highest BCUT2D eigenvalue weighted by molar-refractivity contribution is 5.92. The molecule has 5 nitrogen and oxygen atoms in total.